The van der Waals surface area contributed by atoms with Crippen molar-refractivity contribution in [2.24, 2.45) is 0 Å². The number of rotatable bonds is 3. The van der Waals surface area contributed by atoms with Crippen LogP contribution in [-0.2, 0) is 4.79 Å². The van der Waals surface area contributed by atoms with Crippen molar-refractivity contribution in [2.75, 3.05) is 38.0 Å². The number of amides is 1. The predicted molar refractivity (Wildman–Crippen MR) is 74.0 cm³/mol. The normalized spacial score (nSPS) is 16.9. The van der Waals surface area contributed by atoms with Gasteiger partial charge in [-0.1, -0.05) is 11.6 Å². The smallest absolute Gasteiger partial charge is 0.238 e. The highest BCUT2D eigenvalue weighted by molar-refractivity contribution is 6.33. The summed E-state index contributed by atoms with van der Waals surface area (Å²) < 4.78 is 12.9. The molecule has 0 radical (unpaired) electrons. The molecule has 0 unspecified atom stereocenters. The van der Waals surface area contributed by atoms with Gasteiger partial charge in [-0.2, -0.15) is 0 Å². The summed E-state index contributed by atoms with van der Waals surface area (Å²) in [6, 6.07) is 3.93. The summed E-state index contributed by atoms with van der Waals surface area (Å²) >= 11 is 5.86. The van der Waals surface area contributed by atoms with Crippen molar-refractivity contribution >= 4 is 23.2 Å². The van der Waals surface area contributed by atoms with Gasteiger partial charge >= 0.3 is 0 Å². The maximum atomic E-state index is 12.9. The van der Waals surface area contributed by atoms with Gasteiger partial charge in [-0.15, -0.1) is 0 Å². The van der Waals surface area contributed by atoms with E-state index in [1.54, 1.807) is 0 Å². The fourth-order valence-corrected chi connectivity index (χ4v) is 2.26. The Bertz CT molecular complexity index is 448. The maximum Gasteiger partial charge on any atom is 0.238 e. The van der Waals surface area contributed by atoms with Crippen LogP contribution in [0.2, 0.25) is 5.02 Å². The van der Waals surface area contributed by atoms with Crippen molar-refractivity contribution in [3.8, 4) is 0 Å². The highest BCUT2D eigenvalue weighted by Gasteiger charge is 2.13. The minimum absolute atomic E-state index is 0.129. The van der Waals surface area contributed by atoms with Gasteiger partial charge in [0.05, 0.1) is 17.3 Å². The fraction of sp³-hybridized carbons (Fsp3) is 0.462. The van der Waals surface area contributed by atoms with Gasteiger partial charge < -0.3 is 10.6 Å². The number of hydrogen-bond donors (Lipinski definition) is 2. The molecule has 4 nitrogen and oxygen atoms in total. The third-order valence-corrected chi connectivity index (χ3v) is 3.32. The van der Waals surface area contributed by atoms with E-state index in [1.165, 1.54) is 18.2 Å². The molecule has 0 atom stereocenters. The Kier molecular flexibility index (Phi) is 5.13. The van der Waals surface area contributed by atoms with E-state index in [0.29, 0.717) is 12.2 Å². The van der Waals surface area contributed by atoms with Crippen LogP contribution in [0.25, 0.3) is 0 Å². The van der Waals surface area contributed by atoms with Crippen LogP contribution in [-0.4, -0.2) is 43.5 Å². The van der Waals surface area contributed by atoms with Gasteiger partial charge in [0, 0.05) is 13.1 Å². The largest absolute Gasteiger partial charge is 0.324 e. The minimum atomic E-state index is -0.415. The Morgan fingerprint density at radius 3 is 3.05 bits per heavy atom. The Labute approximate surface area is 116 Å². The van der Waals surface area contributed by atoms with Crippen LogP contribution in [0.4, 0.5) is 10.1 Å². The third kappa shape index (κ3) is 4.45. The molecule has 0 aromatic heterocycles. The van der Waals surface area contributed by atoms with Crippen LogP contribution >= 0.6 is 11.6 Å². The highest BCUT2D eigenvalue weighted by Crippen LogP contribution is 2.22. The summed E-state index contributed by atoms with van der Waals surface area (Å²) in [6.45, 7) is 3.96. The molecule has 1 aliphatic rings. The van der Waals surface area contributed by atoms with Crippen molar-refractivity contribution in [3.05, 3.63) is 29.0 Å². The van der Waals surface area contributed by atoms with Gasteiger partial charge in [0.2, 0.25) is 5.91 Å². The van der Waals surface area contributed by atoms with E-state index in [1.807, 2.05) is 0 Å². The zero-order valence-corrected chi connectivity index (χ0v) is 11.3. The van der Waals surface area contributed by atoms with Gasteiger partial charge in [-0.25, -0.2) is 4.39 Å². The molecule has 1 aromatic rings. The van der Waals surface area contributed by atoms with Gasteiger partial charge in [0.15, 0.2) is 0 Å². The van der Waals surface area contributed by atoms with Crippen molar-refractivity contribution in [1.29, 1.82) is 0 Å². The van der Waals surface area contributed by atoms with Crippen LogP contribution in [0.15, 0.2) is 18.2 Å². The first-order valence-corrected chi connectivity index (χ1v) is 6.71. The Balaban J connectivity index is 1.89. The first-order chi connectivity index (χ1) is 9.15. The predicted octanol–water partition coefficient (Wildman–Crippen LogP) is 1.71. The first kappa shape index (κ1) is 14.2. The third-order valence-electron chi connectivity index (χ3n) is 3.01. The zero-order valence-electron chi connectivity index (χ0n) is 10.6. The van der Waals surface area contributed by atoms with E-state index in [0.717, 1.165) is 32.6 Å². The van der Waals surface area contributed by atoms with Gasteiger partial charge in [0.25, 0.3) is 0 Å². The van der Waals surface area contributed by atoms with E-state index in [9.17, 15) is 9.18 Å². The summed E-state index contributed by atoms with van der Waals surface area (Å²) in [7, 11) is 0. The molecule has 2 rings (SSSR count). The molecule has 6 heteroatoms. The van der Waals surface area contributed by atoms with Crippen molar-refractivity contribution in [1.82, 2.24) is 10.2 Å². The van der Waals surface area contributed by atoms with E-state index in [4.69, 9.17) is 11.6 Å². The van der Waals surface area contributed by atoms with E-state index in [-0.39, 0.29) is 10.9 Å². The van der Waals surface area contributed by atoms with Crippen molar-refractivity contribution in [3.63, 3.8) is 0 Å². The standard InChI is InChI=1S/C13H17ClFN3O/c14-11-8-10(15)2-3-12(11)17-13(19)9-18-6-1-4-16-5-7-18/h2-3,8,16H,1,4-7,9H2,(H,17,19). The lowest BCUT2D eigenvalue weighted by Gasteiger charge is -2.18. The van der Waals surface area contributed by atoms with E-state index in [2.05, 4.69) is 15.5 Å². The topological polar surface area (TPSA) is 44.4 Å². The molecule has 1 aromatic carbocycles. The van der Waals surface area contributed by atoms with Gasteiger partial charge in [-0.3, -0.25) is 9.69 Å². The summed E-state index contributed by atoms with van der Waals surface area (Å²) in [5.74, 6) is -0.544. The number of nitrogens with one attached hydrogen (secondary N) is 2. The monoisotopic (exact) mass is 285 g/mol. The second-order valence-corrected chi connectivity index (χ2v) is 4.96. The molecule has 104 valence electrons. The van der Waals surface area contributed by atoms with Crippen LogP contribution < -0.4 is 10.6 Å². The molecule has 0 bridgehead atoms. The second-order valence-electron chi connectivity index (χ2n) is 4.55. The lowest BCUT2D eigenvalue weighted by atomic mass is 10.3. The first-order valence-electron chi connectivity index (χ1n) is 6.33. The van der Waals surface area contributed by atoms with Gasteiger partial charge in [0.1, 0.15) is 5.82 Å². The fourth-order valence-electron chi connectivity index (χ4n) is 2.04. The average Bonchev–Trinajstić information content (AvgIpc) is 2.61. The molecular formula is C13H17ClFN3O. The van der Waals surface area contributed by atoms with Crippen molar-refractivity contribution < 1.29 is 9.18 Å². The molecule has 2 N–H and O–H groups in total. The Morgan fingerprint density at radius 1 is 1.42 bits per heavy atom. The lowest BCUT2D eigenvalue weighted by Crippen LogP contribution is -2.35. The summed E-state index contributed by atoms with van der Waals surface area (Å²) in [4.78, 5) is 14.0. The van der Waals surface area contributed by atoms with Crippen LogP contribution in [0.1, 0.15) is 6.42 Å². The molecule has 1 fully saturated rings. The minimum Gasteiger partial charge on any atom is -0.324 e. The zero-order chi connectivity index (χ0) is 13.7. The van der Waals surface area contributed by atoms with E-state index >= 15 is 0 Å². The van der Waals surface area contributed by atoms with Gasteiger partial charge in [-0.05, 0) is 37.7 Å². The average molecular weight is 286 g/mol. The lowest BCUT2D eigenvalue weighted by molar-refractivity contribution is -0.117. The Hall–Kier alpha value is -1.17. The molecule has 1 saturated heterocycles. The highest BCUT2D eigenvalue weighted by atomic mass is 35.5. The molecule has 0 aliphatic carbocycles. The summed E-state index contributed by atoms with van der Waals surface area (Å²) in [5, 5.41) is 6.20. The quantitative estimate of drug-likeness (QED) is 0.889. The number of benzene rings is 1. The number of nitrogens with zero attached hydrogens (tertiary/aromatic N) is 1. The molecule has 0 spiro atoms. The molecular weight excluding hydrogens is 269 g/mol. The number of carbonyl (C=O) groups is 1. The summed E-state index contributed by atoms with van der Waals surface area (Å²) in [5.41, 5.74) is 0.445. The number of carbonyl (C=O) groups excluding carboxylic acids is 1. The SMILES string of the molecule is O=C(CN1CCCNCC1)Nc1ccc(F)cc1Cl. The number of anilines is 1. The molecule has 1 heterocycles. The van der Waals surface area contributed by atoms with Crippen LogP contribution in [0.5, 0.6) is 0 Å². The number of halogens is 2. The molecule has 0 saturated carbocycles. The Morgan fingerprint density at radius 2 is 2.26 bits per heavy atom. The molecule has 19 heavy (non-hydrogen) atoms. The number of hydrogen-bond acceptors (Lipinski definition) is 3. The maximum absolute atomic E-state index is 12.9. The van der Waals surface area contributed by atoms with Crippen molar-refractivity contribution in [2.45, 2.75) is 6.42 Å². The molecule has 1 amide bonds. The molecule has 1 aliphatic heterocycles. The van der Waals surface area contributed by atoms with Crippen LogP contribution in [0, 0.1) is 5.82 Å². The second kappa shape index (κ2) is 6.84. The summed E-state index contributed by atoms with van der Waals surface area (Å²) in [6.07, 6.45) is 1.03. The van der Waals surface area contributed by atoms with E-state index < -0.39 is 5.82 Å². The van der Waals surface area contributed by atoms with Crippen LogP contribution in [0.3, 0.4) is 0 Å².